The number of rotatable bonds is 2. The van der Waals surface area contributed by atoms with E-state index in [1.54, 1.807) is 6.07 Å². The van der Waals surface area contributed by atoms with Crippen molar-refractivity contribution < 1.29 is 4.39 Å². The molecule has 1 heterocycles. The maximum Gasteiger partial charge on any atom is 0.132 e. The van der Waals surface area contributed by atoms with Gasteiger partial charge in [-0.2, -0.15) is 0 Å². The van der Waals surface area contributed by atoms with E-state index in [0.717, 1.165) is 33.7 Å². The van der Waals surface area contributed by atoms with Crippen LogP contribution in [0, 0.1) is 19.7 Å². The lowest BCUT2D eigenvalue weighted by atomic mass is 10.1. The molecule has 1 unspecified atom stereocenters. The summed E-state index contributed by atoms with van der Waals surface area (Å²) in [6.07, 6.45) is 0. The van der Waals surface area contributed by atoms with Crippen LogP contribution in [0.2, 0.25) is 0 Å². The molecule has 2 nitrogen and oxygen atoms in total. The molecule has 0 radical (unpaired) electrons. The van der Waals surface area contributed by atoms with E-state index in [1.807, 2.05) is 25.3 Å². The van der Waals surface area contributed by atoms with Gasteiger partial charge >= 0.3 is 0 Å². The van der Waals surface area contributed by atoms with Crippen LogP contribution < -0.4 is 0 Å². The first-order chi connectivity index (χ1) is 9.95. The molecule has 1 aromatic heterocycles. The molecule has 0 spiro atoms. The Morgan fingerprint density at radius 3 is 2.38 bits per heavy atom. The molecule has 4 heteroatoms. The van der Waals surface area contributed by atoms with Crippen LogP contribution in [0.15, 0.2) is 36.4 Å². The third kappa shape index (κ3) is 2.54. The molecule has 0 amide bonds. The predicted molar refractivity (Wildman–Crippen MR) is 84.8 cm³/mol. The Morgan fingerprint density at radius 2 is 1.76 bits per heavy atom. The van der Waals surface area contributed by atoms with Crippen LogP contribution in [0.4, 0.5) is 4.39 Å². The fourth-order valence-corrected chi connectivity index (χ4v) is 2.83. The summed E-state index contributed by atoms with van der Waals surface area (Å²) in [6, 6.07) is 10.8. The number of hydrogen-bond donors (Lipinski definition) is 0. The number of hydrogen-bond acceptors (Lipinski definition) is 1. The highest BCUT2D eigenvalue weighted by atomic mass is 35.5. The van der Waals surface area contributed by atoms with E-state index in [9.17, 15) is 4.39 Å². The van der Waals surface area contributed by atoms with Gasteiger partial charge in [-0.3, -0.25) is 4.57 Å². The SMILES string of the molecule is Cc1cc(C)cc(-n2c(C(C)Cl)nc3ccc(F)cc32)c1. The summed E-state index contributed by atoms with van der Waals surface area (Å²) < 4.78 is 15.6. The van der Waals surface area contributed by atoms with Crippen LogP contribution in [0.3, 0.4) is 0 Å². The number of aryl methyl sites for hydroxylation is 2. The summed E-state index contributed by atoms with van der Waals surface area (Å²) >= 11 is 6.27. The van der Waals surface area contributed by atoms with Gasteiger partial charge in [0.15, 0.2) is 0 Å². The summed E-state index contributed by atoms with van der Waals surface area (Å²) in [6.45, 7) is 5.96. The number of imidazole rings is 1. The molecule has 21 heavy (non-hydrogen) atoms. The summed E-state index contributed by atoms with van der Waals surface area (Å²) in [5, 5.41) is -0.263. The molecule has 3 aromatic rings. The van der Waals surface area contributed by atoms with E-state index in [1.165, 1.54) is 12.1 Å². The molecule has 0 fully saturated rings. The second-order valence-electron chi connectivity index (χ2n) is 5.40. The zero-order chi connectivity index (χ0) is 15.1. The summed E-state index contributed by atoms with van der Waals surface area (Å²) in [4.78, 5) is 4.55. The second kappa shape index (κ2) is 5.15. The van der Waals surface area contributed by atoms with E-state index in [-0.39, 0.29) is 11.2 Å². The van der Waals surface area contributed by atoms with Crippen LogP contribution in [-0.2, 0) is 0 Å². The van der Waals surface area contributed by atoms with Gasteiger partial charge in [-0.25, -0.2) is 9.37 Å². The van der Waals surface area contributed by atoms with Crippen molar-refractivity contribution in [3.05, 3.63) is 59.2 Å². The Balaban J connectivity index is 2.38. The molecular weight excluding hydrogens is 287 g/mol. The average Bonchev–Trinajstić information content (AvgIpc) is 2.76. The van der Waals surface area contributed by atoms with Crippen molar-refractivity contribution in [2.45, 2.75) is 26.1 Å². The molecule has 0 saturated carbocycles. The molecule has 3 rings (SSSR count). The van der Waals surface area contributed by atoms with Crippen molar-refractivity contribution in [1.82, 2.24) is 9.55 Å². The van der Waals surface area contributed by atoms with E-state index >= 15 is 0 Å². The molecule has 108 valence electrons. The van der Waals surface area contributed by atoms with Gasteiger partial charge < -0.3 is 0 Å². The topological polar surface area (TPSA) is 17.8 Å². The molecule has 0 aliphatic carbocycles. The number of halogens is 2. The predicted octanol–water partition coefficient (Wildman–Crippen LogP) is 5.08. The normalized spacial score (nSPS) is 12.8. The van der Waals surface area contributed by atoms with Gasteiger partial charge in [0.05, 0.1) is 16.4 Å². The molecule has 0 saturated heterocycles. The van der Waals surface area contributed by atoms with Gasteiger partial charge in [0.1, 0.15) is 11.6 Å². The number of fused-ring (bicyclic) bond motifs is 1. The van der Waals surface area contributed by atoms with Gasteiger partial charge in [0.2, 0.25) is 0 Å². The monoisotopic (exact) mass is 302 g/mol. The third-order valence-electron chi connectivity index (χ3n) is 3.46. The van der Waals surface area contributed by atoms with Gasteiger partial charge in [-0.05, 0) is 56.2 Å². The highest BCUT2D eigenvalue weighted by molar-refractivity contribution is 6.20. The zero-order valence-corrected chi connectivity index (χ0v) is 12.9. The van der Waals surface area contributed by atoms with Crippen molar-refractivity contribution in [1.29, 1.82) is 0 Å². The molecule has 0 bridgehead atoms. The van der Waals surface area contributed by atoms with E-state index in [0.29, 0.717) is 0 Å². The minimum absolute atomic E-state index is 0.263. The summed E-state index contributed by atoms with van der Waals surface area (Å²) in [5.74, 6) is 0.448. The fourth-order valence-electron chi connectivity index (χ4n) is 2.68. The van der Waals surface area contributed by atoms with Gasteiger partial charge in [0, 0.05) is 11.8 Å². The van der Waals surface area contributed by atoms with E-state index in [4.69, 9.17) is 11.6 Å². The standard InChI is InChI=1S/C17H16ClFN2/c1-10-6-11(2)8-14(7-10)21-16-9-13(19)4-5-15(16)20-17(21)12(3)18/h4-9,12H,1-3H3. The van der Waals surface area contributed by atoms with Crippen LogP contribution in [0.5, 0.6) is 0 Å². The van der Waals surface area contributed by atoms with Crippen LogP contribution in [0.25, 0.3) is 16.7 Å². The Morgan fingerprint density at radius 1 is 1.10 bits per heavy atom. The lowest BCUT2D eigenvalue weighted by Gasteiger charge is -2.12. The number of nitrogens with zero attached hydrogens (tertiary/aromatic N) is 2. The number of alkyl halides is 1. The van der Waals surface area contributed by atoms with Crippen LogP contribution >= 0.6 is 11.6 Å². The quantitative estimate of drug-likeness (QED) is 0.604. The minimum Gasteiger partial charge on any atom is -0.295 e. The van der Waals surface area contributed by atoms with Crippen LogP contribution in [0.1, 0.15) is 29.3 Å². The van der Waals surface area contributed by atoms with Crippen molar-refractivity contribution in [3.8, 4) is 5.69 Å². The van der Waals surface area contributed by atoms with E-state index in [2.05, 4.69) is 23.2 Å². The molecule has 2 aromatic carbocycles. The molecule has 0 aliphatic rings. The lowest BCUT2D eigenvalue weighted by molar-refractivity contribution is 0.629. The van der Waals surface area contributed by atoms with Crippen molar-refractivity contribution >= 4 is 22.6 Å². The third-order valence-corrected chi connectivity index (χ3v) is 3.66. The van der Waals surface area contributed by atoms with Gasteiger partial charge in [-0.1, -0.05) is 6.07 Å². The van der Waals surface area contributed by atoms with Crippen molar-refractivity contribution in [2.75, 3.05) is 0 Å². The molecular formula is C17H16ClFN2. The Bertz CT molecular complexity index is 801. The first kappa shape index (κ1) is 14.1. The number of benzene rings is 2. The number of aromatic nitrogens is 2. The first-order valence-electron chi connectivity index (χ1n) is 6.86. The first-order valence-corrected chi connectivity index (χ1v) is 7.30. The summed E-state index contributed by atoms with van der Waals surface area (Å²) in [5.41, 5.74) is 4.75. The molecule has 1 atom stereocenters. The highest BCUT2D eigenvalue weighted by Gasteiger charge is 2.17. The summed E-state index contributed by atoms with van der Waals surface area (Å²) in [7, 11) is 0. The fraction of sp³-hybridized carbons (Fsp3) is 0.235. The van der Waals surface area contributed by atoms with Crippen LogP contribution in [-0.4, -0.2) is 9.55 Å². The maximum atomic E-state index is 13.6. The second-order valence-corrected chi connectivity index (χ2v) is 6.06. The molecule has 0 N–H and O–H groups in total. The molecule has 0 aliphatic heterocycles. The largest absolute Gasteiger partial charge is 0.295 e. The minimum atomic E-state index is -0.276. The Kier molecular flexibility index (Phi) is 3.46. The Hall–Kier alpha value is -1.87. The van der Waals surface area contributed by atoms with Crippen molar-refractivity contribution in [3.63, 3.8) is 0 Å². The highest BCUT2D eigenvalue weighted by Crippen LogP contribution is 2.29. The smallest absolute Gasteiger partial charge is 0.132 e. The maximum absolute atomic E-state index is 13.6. The van der Waals surface area contributed by atoms with Gasteiger partial charge in [0.25, 0.3) is 0 Å². The lowest BCUT2D eigenvalue weighted by Crippen LogP contribution is -2.02. The van der Waals surface area contributed by atoms with E-state index < -0.39 is 0 Å². The zero-order valence-electron chi connectivity index (χ0n) is 12.2. The van der Waals surface area contributed by atoms with Crippen molar-refractivity contribution in [2.24, 2.45) is 0 Å². The Labute approximate surface area is 128 Å². The average molecular weight is 303 g/mol. The van der Waals surface area contributed by atoms with Gasteiger partial charge in [-0.15, -0.1) is 11.6 Å².